The Morgan fingerprint density at radius 3 is 2.47 bits per heavy atom. The summed E-state index contributed by atoms with van der Waals surface area (Å²) in [5, 5.41) is 4.04. The lowest BCUT2D eigenvalue weighted by atomic mass is 10.1. The third kappa shape index (κ3) is 5.78. The van der Waals surface area contributed by atoms with E-state index in [1.165, 1.54) is 28.6 Å². The minimum absolute atomic E-state index is 0.246. The number of aryl methyl sites for hydroxylation is 2. The number of hydrogen-bond acceptors (Lipinski definition) is 7. The Hall–Kier alpha value is -2.89. The standard InChI is InChI=1S/C23H26F2N4O4S/c1-17-8-10-18(11-9-17)22-26-21(33-27-22)7-4-12-28-13-15-29(16-14-28)34(30,31)20-6-3-2-5-19(20)32-23(24)25/h2-3,5-6,8-11,23H,4,7,12-16H2,1H3. The van der Waals surface area contributed by atoms with Crippen molar-refractivity contribution in [2.24, 2.45) is 0 Å². The van der Waals surface area contributed by atoms with Gasteiger partial charge in [0.25, 0.3) is 0 Å². The van der Waals surface area contributed by atoms with E-state index in [-0.39, 0.29) is 23.7 Å². The van der Waals surface area contributed by atoms with Crippen LogP contribution in [0.15, 0.2) is 57.9 Å². The highest BCUT2D eigenvalue weighted by Gasteiger charge is 2.31. The van der Waals surface area contributed by atoms with Gasteiger partial charge in [-0.2, -0.15) is 18.1 Å². The molecule has 4 rings (SSSR count). The van der Waals surface area contributed by atoms with Crippen LogP contribution in [-0.4, -0.2) is 67.1 Å². The number of nitrogens with zero attached hydrogens (tertiary/aromatic N) is 4. The molecule has 2 aromatic carbocycles. The van der Waals surface area contributed by atoms with Crippen molar-refractivity contribution in [1.29, 1.82) is 0 Å². The first-order valence-electron chi connectivity index (χ1n) is 11.0. The van der Waals surface area contributed by atoms with Gasteiger partial charge in [0, 0.05) is 38.2 Å². The van der Waals surface area contributed by atoms with Crippen LogP contribution in [0.1, 0.15) is 17.9 Å². The van der Waals surface area contributed by atoms with Gasteiger partial charge in [0.1, 0.15) is 10.6 Å². The zero-order valence-corrected chi connectivity index (χ0v) is 19.5. The van der Waals surface area contributed by atoms with E-state index >= 15 is 0 Å². The predicted octanol–water partition coefficient (Wildman–Crippen LogP) is 3.59. The van der Waals surface area contributed by atoms with Gasteiger partial charge < -0.3 is 14.2 Å². The second kappa shape index (κ2) is 10.6. The van der Waals surface area contributed by atoms with Gasteiger partial charge in [-0.25, -0.2) is 8.42 Å². The number of hydrogen-bond donors (Lipinski definition) is 0. The number of halogens is 2. The van der Waals surface area contributed by atoms with Crippen molar-refractivity contribution in [2.75, 3.05) is 32.7 Å². The van der Waals surface area contributed by atoms with Crippen molar-refractivity contribution in [3.63, 3.8) is 0 Å². The smallest absolute Gasteiger partial charge is 0.387 e. The first-order chi connectivity index (χ1) is 16.3. The molecule has 0 aliphatic carbocycles. The van der Waals surface area contributed by atoms with Gasteiger partial charge in [-0.3, -0.25) is 0 Å². The lowest BCUT2D eigenvalue weighted by Crippen LogP contribution is -2.48. The summed E-state index contributed by atoms with van der Waals surface area (Å²) in [7, 11) is -3.94. The SMILES string of the molecule is Cc1ccc(-c2noc(CCCN3CCN(S(=O)(=O)c4ccccc4OC(F)F)CC3)n2)cc1. The van der Waals surface area contributed by atoms with Crippen molar-refractivity contribution in [3.8, 4) is 17.1 Å². The van der Waals surface area contributed by atoms with Gasteiger partial charge >= 0.3 is 6.61 Å². The minimum Gasteiger partial charge on any atom is -0.433 e. The number of sulfonamides is 1. The number of piperazine rings is 1. The minimum atomic E-state index is -3.94. The molecular formula is C23H26F2N4O4S. The molecule has 0 spiro atoms. The zero-order valence-electron chi connectivity index (χ0n) is 18.7. The van der Waals surface area contributed by atoms with Crippen LogP contribution < -0.4 is 4.74 Å². The highest BCUT2D eigenvalue weighted by molar-refractivity contribution is 7.89. The molecular weight excluding hydrogens is 466 g/mol. The van der Waals surface area contributed by atoms with Crippen LogP contribution in [0.2, 0.25) is 0 Å². The quantitative estimate of drug-likeness (QED) is 0.451. The number of para-hydroxylation sites is 1. The third-order valence-electron chi connectivity index (χ3n) is 5.66. The molecule has 1 aromatic heterocycles. The third-order valence-corrected chi connectivity index (χ3v) is 7.60. The van der Waals surface area contributed by atoms with Gasteiger partial charge in [0.2, 0.25) is 21.7 Å². The molecule has 1 fully saturated rings. The van der Waals surface area contributed by atoms with E-state index in [0.717, 1.165) is 24.1 Å². The Morgan fingerprint density at radius 2 is 1.76 bits per heavy atom. The molecule has 3 aromatic rings. The summed E-state index contributed by atoms with van der Waals surface area (Å²) in [5.41, 5.74) is 2.06. The summed E-state index contributed by atoms with van der Waals surface area (Å²) in [5.74, 6) is 0.779. The molecule has 0 saturated carbocycles. The maximum absolute atomic E-state index is 13.0. The Labute approximate surface area is 197 Å². The van der Waals surface area contributed by atoms with Crippen molar-refractivity contribution in [2.45, 2.75) is 31.3 Å². The predicted molar refractivity (Wildman–Crippen MR) is 121 cm³/mol. The molecule has 0 amide bonds. The first kappa shape index (κ1) is 24.2. The lowest BCUT2D eigenvalue weighted by Gasteiger charge is -2.34. The molecule has 1 aliphatic heterocycles. The molecule has 0 unspecified atom stereocenters. The zero-order chi connectivity index (χ0) is 24.1. The average Bonchev–Trinajstić information content (AvgIpc) is 3.29. The fourth-order valence-corrected chi connectivity index (χ4v) is 5.36. The van der Waals surface area contributed by atoms with Gasteiger partial charge in [-0.15, -0.1) is 0 Å². The molecule has 0 radical (unpaired) electrons. The average molecular weight is 493 g/mol. The second-order valence-corrected chi connectivity index (χ2v) is 9.96. The van der Waals surface area contributed by atoms with Gasteiger partial charge in [0.15, 0.2) is 0 Å². The van der Waals surface area contributed by atoms with Crippen LogP contribution in [-0.2, 0) is 16.4 Å². The highest BCUT2D eigenvalue weighted by Crippen LogP contribution is 2.28. The molecule has 1 saturated heterocycles. The van der Waals surface area contributed by atoms with E-state index in [4.69, 9.17) is 4.52 Å². The van der Waals surface area contributed by atoms with Gasteiger partial charge in [-0.05, 0) is 32.0 Å². The van der Waals surface area contributed by atoms with Crippen LogP contribution in [0, 0.1) is 6.92 Å². The lowest BCUT2D eigenvalue weighted by molar-refractivity contribution is -0.0518. The fourth-order valence-electron chi connectivity index (χ4n) is 3.82. The number of alkyl halides is 2. The molecule has 2 heterocycles. The molecule has 0 atom stereocenters. The molecule has 8 nitrogen and oxygen atoms in total. The summed E-state index contributed by atoms with van der Waals surface area (Å²) in [6.07, 6.45) is 1.41. The molecule has 182 valence electrons. The molecule has 11 heteroatoms. The van der Waals surface area contributed by atoms with E-state index in [1.54, 1.807) is 0 Å². The Morgan fingerprint density at radius 1 is 1.06 bits per heavy atom. The summed E-state index contributed by atoms with van der Waals surface area (Å²) < 4.78 is 62.4. The van der Waals surface area contributed by atoms with E-state index in [1.807, 2.05) is 31.2 Å². The number of aromatic nitrogens is 2. The first-order valence-corrected chi connectivity index (χ1v) is 12.4. The summed E-state index contributed by atoms with van der Waals surface area (Å²) in [6, 6.07) is 13.4. The normalized spacial score (nSPS) is 15.6. The van der Waals surface area contributed by atoms with Crippen molar-refractivity contribution in [3.05, 3.63) is 60.0 Å². The monoisotopic (exact) mass is 492 g/mol. The number of rotatable bonds is 9. The van der Waals surface area contributed by atoms with Crippen LogP contribution in [0.4, 0.5) is 8.78 Å². The maximum atomic E-state index is 13.0. The van der Waals surface area contributed by atoms with Crippen LogP contribution in [0.25, 0.3) is 11.4 Å². The molecule has 34 heavy (non-hydrogen) atoms. The van der Waals surface area contributed by atoms with E-state index in [9.17, 15) is 17.2 Å². The Kier molecular flexibility index (Phi) is 7.54. The van der Waals surface area contributed by atoms with Gasteiger partial charge in [-0.1, -0.05) is 47.1 Å². The molecule has 0 bridgehead atoms. The topological polar surface area (TPSA) is 88.8 Å². The van der Waals surface area contributed by atoms with Gasteiger partial charge in [0.05, 0.1) is 0 Å². The largest absolute Gasteiger partial charge is 0.433 e. The van der Waals surface area contributed by atoms with Crippen LogP contribution in [0.5, 0.6) is 5.75 Å². The van der Waals surface area contributed by atoms with Crippen LogP contribution >= 0.6 is 0 Å². The summed E-state index contributed by atoms with van der Waals surface area (Å²) in [6.45, 7) is 1.28. The number of benzene rings is 2. The van der Waals surface area contributed by atoms with E-state index < -0.39 is 16.6 Å². The summed E-state index contributed by atoms with van der Waals surface area (Å²) in [4.78, 5) is 6.36. The van der Waals surface area contributed by atoms with Crippen molar-refractivity contribution < 1.29 is 26.5 Å². The second-order valence-electron chi connectivity index (χ2n) is 8.05. The maximum Gasteiger partial charge on any atom is 0.387 e. The molecule has 0 N–H and O–H groups in total. The van der Waals surface area contributed by atoms with E-state index in [2.05, 4.69) is 19.8 Å². The fraction of sp³-hybridized carbons (Fsp3) is 0.391. The van der Waals surface area contributed by atoms with Crippen molar-refractivity contribution in [1.82, 2.24) is 19.3 Å². The van der Waals surface area contributed by atoms with Crippen molar-refractivity contribution >= 4 is 10.0 Å². The van der Waals surface area contributed by atoms with E-state index in [0.29, 0.717) is 31.2 Å². The highest BCUT2D eigenvalue weighted by atomic mass is 32.2. The number of ether oxygens (including phenoxy) is 1. The summed E-state index contributed by atoms with van der Waals surface area (Å²) >= 11 is 0. The molecule has 1 aliphatic rings. The van der Waals surface area contributed by atoms with Crippen LogP contribution in [0.3, 0.4) is 0 Å². The Bertz CT molecular complexity index is 1190. The Balaban J connectivity index is 1.27.